The van der Waals surface area contributed by atoms with E-state index in [4.69, 9.17) is 8.98 Å². The minimum Gasteiger partial charge on any atom is -0.407 e. The average molecular weight is 447 g/mol. The molecule has 2 rings (SSSR count). The van der Waals surface area contributed by atoms with E-state index in [0.29, 0.717) is 13.0 Å². The van der Waals surface area contributed by atoms with Crippen molar-refractivity contribution in [1.29, 1.82) is 0 Å². The third-order valence-electron chi connectivity index (χ3n) is 5.45. The Morgan fingerprint density at radius 2 is 1.37 bits per heavy atom. The molecule has 0 aliphatic rings. The molecule has 0 saturated heterocycles. The SMILES string of the molecule is CC(C)(CC=CS(=O)(=O)O)CCO[Si](c1ccccc1)(c1ccccc1)C(C)(C)C. The van der Waals surface area contributed by atoms with Crippen LogP contribution in [0.3, 0.4) is 0 Å². The van der Waals surface area contributed by atoms with Crippen LogP contribution in [0.25, 0.3) is 0 Å². The van der Waals surface area contributed by atoms with Crippen molar-refractivity contribution in [3.63, 3.8) is 0 Å². The van der Waals surface area contributed by atoms with Gasteiger partial charge in [-0.3, -0.25) is 4.55 Å². The van der Waals surface area contributed by atoms with Crippen molar-refractivity contribution in [2.45, 2.75) is 52.5 Å². The van der Waals surface area contributed by atoms with Gasteiger partial charge in [-0.1, -0.05) is 101 Å². The first-order valence-electron chi connectivity index (χ1n) is 10.3. The Morgan fingerprint density at radius 3 is 1.77 bits per heavy atom. The van der Waals surface area contributed by atoms with Gasteiger partial charge >= 0.3 is 0 Å². The second-order valence-electron chi connectivity index (χ2n) is 9.52. The van der Waals surface area contributed by atoms with E-state index >= 15 is 0 Å². The Balaban J connectivity index is 2.32. The van der Waals surface area contributed by atoms with E-state index in [0.717, 1.165) is 11.8 Å². The van der Waals surface area contributed by atoms with Crippen molar-refractivity contribution in [3.8, 4) is 0 Å². The molecule has 0 saturated carbocycles. The molecule has 164 valence electrons. The highest BCUT2D eigenvalue weighted by Gasteiger charge is 2.50. The number of hydrogen-bond donors (Lipinski definition) is 1. The zero-order valence-corrected chi connectivity index (χ0v) is 20.4. The first-order valence-corrected chi connectivity index (χ1v) is 13.7. The van der Waals surface area contributed by atoms with E-state index < -0.39 is 18.4 Å². The number of hydrogen-bond acceptors (Lipinski definition) is 3. The summed E-state index contributed by atoms with van der Waals surface area (Å²) < 4.78 is 37.7. The molecule has 2 aromatic carbocycles. The topological polar surface area (TPSA) is 63.6 Å². The normalized spacial score (nSPS) is 13.7. The average Bonchev–Trinajstić information content (AvgIpc) is 2.64. The summed E-state index contributed by atoms with van der Waals surface area (Å²) in [5, 5.41) is 3.27. The van der Waals surface area contributed by atoms with E-state index in [1.54, 1.807) is 0 Å². The zero-order chi connectivity index (χ0) is 22.5. The van der Waals surface area contributed by atoms with Crippen molar-refractivity contribution in [2.75, 3.05) is 6.61 Å². The van der Waals surface area contributed by atoms with Gasteiger partial charge in [0.1, 0.15) is 0 Å². The third-order valence-corrected chi connectivity index (χ3v) is 11.0. The summed E-state index contributed by atoms with van der Waals surface area (Å²) in [6.45, 7) is 11.5. The van der Waals surface area contributed by atoms with Crippen LogP contribution in [0.4, 0.5) is 0 Å². The molecule has 0 amide bonds. The molecule has 0 aliphatic carbocycles. The number of allylic oxidation sites excluding steroid dienone is 1. The minimum absolute atomic E-state index is 0.0787. The van der Waals surface area contributed by atoms with Gasteiger partial charge in [-0.2, -0.15) is 8.42 Å². The second kappa shape index (κ2) is 9.60. The van der Waals surface area contributed by atoms with Gasteiger partial charge in [0.15, 0.2) is 0 Å². The van der Waals surface area contributed by atoms with Gasteiger partial charge in [-0.05, 0) is 33.7 Å². The summed E-state index contributed by atoms with van der Waals surface area (Å²) in [7, 11) is -6.65. The van der Waals surface area contributed by atoms with E-state index in [1.165, 1.54) is 16.4 Å². The van der Waals surface area contributed by atoms with Gasteiger partial charge in [0.2, 0.25) is 0 Å². The van der Waals surface area contributed by atoms with Crippen LogP contribution in [0.15, 0.2) is 72.1 Å². The molecule has 0 fully saturated rings. The van der Waals surface area contributed by atoms with E-state index in [2.05, 4.69) is 83.1 Å². The third kappa shape index (κ3) is 6.38. The molecule has 6 heteroatoms. The van der Waals surface area contributed by atoms with Crippen LogP contribution >= 0.6 is 0 Å². The van der Waals surface area contributed by atoms with Crippen molar-refractivity contribution in [2.24, 2.45) is 5.41 Å². The first-order chi connectivity index (χ1) is 13.9. The van der Waals surface area contributed by atoms with Crippen molar-refractivity contribution in [3.05, 3.63) is 72.1 Å². The molecule has 0 aliphatic heterocycles. The maximum Gasteiger partial charge on any atom is 0.287 e. The predicted octanol–water partition coefficient (Wildman–Crippen LogP) is 4.77. The summed E-state index contributed by atoms with van der Waals surface area (Å²) in [4.78, 5) is 0. The summed E-state index contributed by atoms with van der Waals surface area (Å²) in [6.07, 6.45) is 2.82. The van der Waals surface area contributed by atoms with Crippen LogP contribution in [0.1, 0.15) is 47.5 Å². The molecule has 0 aromatic heterocycles. The fourth-order valence-electron chi connectivity index (χ4n) is 3.83. The van der Waals surface area contributed by atoms with Gasteiger partial charge in [0.05, 0.1) is 5.41 Å². The maximum atomic E-state index is 10.9. The lowest BCUT2D eigenvalue weighted by Gasteiger charge is -2.43. The molecule has 0 spiro atoms. The fourth-order valence-corrected chi connectivity index (χ4v) is 8.74. The van der Waals surface area contributed by atoms with Gasteiger partial charge in [0.25, 0.3) is 18.4 Å². The Hall–Kier alpha value is -1.73. The molecule has 1 N–H and O–H groups in total. The lowest BCUT2D eigenvalue weighted by atomic mass is 9.86. The molecular weight excluding hydrogens is 412 g/mol. The summed E-state index contributed by atoms with van der Waals surface area (Å²) in [6, 6.07) is 21.0. The highest BCUT2D eigenvalue weighted by Crippen LogP contribution is 2.37. The highest BCUT2D eigenvalue weighted by atomic mass is 32.2. The monoisotopic (exact) mass is 446 g/mol. The molecule has 0 heterocycles. The summed E-state index contributed by atoms with van der Waals surface area (Å²) in [5.41, 5.74) is -0.160. The van der Waals surface area contributed by atoms with Crippen molar-refractivity contribution >= 4 is 28.8 Å². The second-order valence-corrected chi connectivity index (χ2v) is 15.1. The smallest absolute Gasteiger partial charge is 0.287 e. The van der Waals surface area contributed by atoms with Gasteiger partial charge in [-0.15, -0.1) is 0 Å². The van der Waals surface area contributed by atoms with E-state index in [-0.39, 0.29) is 10.5 Å². The molecule has 0 bridgehead atoms. The van der Waals surface area contributed by atoms with Crippen LogP contribution in [-0.2, 0) is 14.5 Å². The van der Waals surface area contributed by atoms with Gasteiger partial charge < -0.3 is 4.43 Å². The number of rotatable bonds is 9. The quantitative estimate of drug-likeness (QED) is 0.445. The Morgan fingerprint density at radius 1 is 0.900 bits per heavy atom. The molecular formula is C24H34O4SSi. The highest BCUT2D eigenvalue weighted by molar-refractivity contribution is 7.88. The standard InChI is InChI=1S/C24H34O4SSi/c1-23(2,3)30(21-13-8-6-9-14-21,22-15-10-7-11-16-22)28-19-18-24(4,5)17-12-20-29(25,26)27/h6-16,20H,17-19H2,1-5H3,(H,25,26,27). The number of benzene rings is 2. The lowest BCUT2D eigenvalue weighted by Crippen LogP contribution is -2.66. The van der Waals surface area contributed by atoms with Crippen LogP contribution in [0, 0.1) is 5.41 Å². The van der Waals surface area contributed by atoms with Crippen LogP contribution in [0.2, 0.25) is 5.04 Å². The van der Waals surface area contributed by atoms with E-state index in [1.807, 2.05) is 12.1 Å². The van der Waals surface area contributed by atoms with Crippen LogP contribution < -0.4 is 10.4 Å². The first kappa shape index (κ1) is 24.5. The Kier molecular flexibility index (Phi) is 7.85. The van der Waals surface area contributed by atoms with Crippen LogP contribution in [0.5, 0.6) is 0 Å². The minimum atomic E-state index is -4.09. The largest absolute Gasteiger partial charge is 0.407 e. The molecule has 0 unspecified atom stereocenters. The molecule has 0 atom stereocenters. The maximum absolute atomic E-state index is 10.9. The van der Waals surface area contributed by atoms with Gasteiger partial charge in [-0.25, -0.2) is 0 Å². The lowest BCUT2D eigenvalue weighted by molar-refractivity contribution is 0.220. The molecule has 2 aromatic rings. The Labute approximate surface area is 182 Å². The van der Waals surface area contributed by atoms with Crippen molar-refractivity contribution < 1.29 is 17.4 Å². The van der Waals surface area contributed by atoms with Crippen molar-refractivity contribution in [1.82, 2.24) is 0 Å². The zero-order valence-electron chi connectivity index (χ0n) is 18.6. The summed E-state index contributed by atoms with van der Waals surface area (Å²) in [5.74, 6) is 0. The molecule has 0 radical (unpaired) electrons. The fraction of sp³-hybridized carbons (Fsp3) is 0.417. The molecule has 4 nitrogen and oxygen atoms in total. The predicted molar refractivity (Wildman–Crippen MR) is 127 cm³/mol. The van der Waals surface area contributed by atoms with Crippen LogP contribution in [-0.4, -0.2) is 27.9 Å². The van der Waals surface area contributed by atoms with E-state index in [9.17, 15) is 8.42 Å². The summed E-state index contributed by atoms with van der Waals surface area (Å²) >= 11 is 0. The molecule has 30 heavy (non-hydrogen) atoms. The Bertz CT molecular complexity index is 891. The van der Waals surface area contributed by atoms with Gasteiger partial charge in [0, 0.05) is 6.61 Å².